The summed E-state index contributed by atoms with van der Waals surface area (Å²) in [6.45, 7) is -0.378. The zero-order chi connectivity index (χ0) is 17.7. The quantitative estimate of drug-likeness (QED) is 0.423. The highest BCUT2D eigenvalue weighted by Crippen LogP contribution is 2.29. The summed E-state index contributed by atoms with van der Waals surface area (Å²) in [5, 5.41) is 0.115. The third kappa shape index (κ3) is 4.83. The minimum absolute atomic E-state index is 0.0278. The summed E-state index contributed by atoms with van der Waals surface area (Å²) in [7, 11) is 0. The van der Waals surface area contributed by atoms with Crippen molar-refractivity contribution < 1.29 is 27.1 Å². The number of rotatable bonds is 4. The molecule has 0 saturated heterocycles. The van der Waals surface area contributed by atoms with Crippen LogP contribution in [0.3, 0.4) is 0 Å². The fourth-order valence-electron chi connectivity index (χ4n) is 1.84. The fraction of sp³-hybridized carbons (Fsp3) is 0.118. The van der Waals surface area contributed by atoms with Gasteiger partial charge in [-0.2, -0.15) is 13.2 Å². The van der Waals surface area contributed by atoms with Crippen LogP contribution < -0.4 is 0 Å². The first kappa shape index (κ1) is 18.0. The number of ether oxygens (including phenoxy) is 1. The molecule has 0 heterocycles. The molecule has 0 aliphatic heterocycles. The van der Waals surface area contributed by atoms with Gasteiger partial charge < -0.3 is 4.74 Å². The van der Waals surface area contributed by atoms with Gasteiger partial charge in [-0.25, -0.2) is 9.18 Å². The molecule has 0 fully saturated rings. The van der Waals surface area contributed by atoms with E-state index in [1.54, 1.807) is 0 Å². The number of halogens is 5. The Labute approximate surface area is 140 Å². The van der Waals surface area contributed by atoms with Gasteiger partial charge in [-0.15, -0.1) is 0 Å². The van der Waals surface area contributed by atoms with E-state index < -0.39 is 23.5 Å². The number of hydrogen-bond acceptors (Lipinski definition) is 2. The summed E-state index contributed by atoms with van der Waals surface area (Å²) >= 11 is 5.79. The molecule has 2 aromatic carbocycles. The Balaban J connectivity index is 2.01. The molecule has 0 spiro atoms. The molecule has 0 amide bonds. The Morgan fingerprint density at radius 1 is 1.17 bits per heavy atom. The van der Waals surface area contributed by atoms with Crippen LogP contribution in [0.1, 0.15) is 16.7 Å². The van der Waals surface area contributed by atoms with Crippen molar-refractivity contribution in [3.63, 3.8) is 0 Å². The lowest BCUT2D eigenvalue weighted by Gasteiger charge is -2.07. The van der Waals surface area contributed by atoms with Crippen LogP contribution in [0.25, 0.3) is 6.08 Å². The van der Waals surface area contributed by atoms with Gasteiger partial charge in [-0.1, -0.05) is 29.8 Å². The van der Waals surface area contributed by atoms with Crippen molar-refractivity contribution in [1.82, 2.24) is 0 Å². The third-order valence-electron chi connectivity index (χ3n) is 3.05. The Morgan fingerprint density at radius 3 is 2.54 bits per heavy atom. The molecule has 0 saturated carbocycles. The molecule has 7 heteroatoms. The average Bonchev–Trinajstić information content (AvgIpc) is 2.52. The van der Waals surface area contributed by atoms with Crippen LogP contribution in [-0.4, -0.2) is 5.97 Å². The highest BCUT2D eigenvalue weighted by molar-refractivity contribution is 6.31. The molecule has 0 aromatic heterocycles. The van der Waals surface area contributed by atoms with Crippen molar-refractivity contribution in [2.75, 3.05) is 0 Å². The molecule has 126 valence electrons. The van der Waals surface area contributed by atoms with Gasteiger partial charge in [0.05, 0.1) is 10.6 Å². The van der Waals surface area contributed by atoms with Gasteiger partial charge in [0, 0.05) is 11.6 Å². The maximum atomic E-state index is 13.5. The SMILES string of the molecule is O=C(/C=C/c1cccc(C(F)(F)F)c1)OCc1c(F)cccc1Cl. The van der Waals surface area contributed by atoms with E-state index in [2.05, 4.69) is 0 Å². The zero-order valence-electron chi connectivity index (χ0n) is 12.1. The lowest BCUT2D eigenvalue weighted by Crippen LogP contribution is -2.05. The molecule has 24 heavy (non-hydrogen) atoms. The first-order chi connectivity index (χ1) is 11.3. The van der Waals surface area contributed by atoms with E-state index in [0.29, 0.717) is 0 Å². The second-order valence-electron chi connectivity index (χ2n) is 4.76. The van der Waals surface area contributed by atoms with Crippen molar-refractivity contribution in [3.05, 3.63) is 76.1 Å². The second-order valence-corrected chi connectivity index (χ2v) is 5.17. The number of alkyl halides is 3. The van der Waals surface area contributed by atoms with Crippen LogP contribution in [0.5, 0.6) is 0 Å². The maximum Gasteiger partial charge on any atom is 0.416 e. The van der Waals surface area contributed by atoms with Gasteiger partial charge in [0.2, 0.25) is 0 Å². The fourth-order valence-corrected chi connectivity index (χ4v) is 2.06. The first-order valence-electron chi connectivity index (χ1n) is 6.72. The van der Waals surface area contributed by atoms with Crippen molar-refractivity contribution in [2.45, 2.75) is 12.8 Å². The summed E-state index contributed by atoms with van der Waals surface area (Å²) in [5.41, 5.74) is -0.609. The normalized spacial score (nSPS) is 11.7. The second kappa shape index (κ2) is 7.49. The minimum atomic E-state index is -4.47. The topological polar surface area (TPSA) is 26.3 Å². The largest absolute Gasteiger partial charge is 0.457 e. The predicted octanol–water partition coefficient (Wildman–Crippen LogP) is 5.25. The van der Waals surface area contributed by atoms with Crippen LogP contribution in [0, 0.1) is 5.82 Å². The van der Waals surface area contributed by atoms with E-state index in [1.807, 2.05) is 0 Å². The predicted molar refractivity (Wildman–Crippen MR) is 81.7 cm³/mol. The monoisotopic (exact) mass is 358 g/mol. The van der Waals surface area contributed by atoms with Crippen molar-refractivity contribution >= 4 is 23.6 Å². The van der Waals surface area contributed by atoms with E-state index in [1.165, 1.54) is 36.4 Å². The first-order valence-corrected chi connectivity index (χ1v) is 7.10. The van der Waals surface area contributed by atoms with Gasteiger partial charge in [0.15, 0.2) is 0 Å². The van der Waals surface area contributed by atoms with Crippen molar-refractivity contribution in [2.24, 2.45) is 0 Å². The summed E-state index contributed by atoms with van der Waals surface area (Å²) in [6.07, 6.45) is -2.32. The van der Waals surface area contributed by atoms with Gasteiger partial charge in [-0.05, 0) is 35.9 Å². The summed E-state index contributed by atoms with van der Waals surface area (Å²) < 4.78 is 56.1. The Morgan fingerprint density at radius 2 is 1.88 bits per heavy atom. The van der Waals surface area contributed by atoms with Crippen LogP contribution in [0.4, 0.5) is 17.6 Å². The minimum Gasteiger partial charge on any atom is -0.457 e. The molecule has 0 aliphatic rings. The Hall–Kier alpha value is -2.34. The average molecular weight is 359 g/mol. The van der Waals surface area contributed by atoms with Crippen molar-refractivity contribution in [3.8, 4) is 0 Å². The summed E-state index contributed by atoms with van der Waals surface area (Å²) in [5.74, 6) is -1.44. The lowest BCUT2D eigenvalue weighted by molar-refractivity contribution is -0.139. The third-order valence-corrected chi connectivity index (χ3v) is 3.40. The maximum absolute atomic E-state index is 13.5. The molecule has 0 bridgehead atoms. The van der Waals surface area contributed by atoms with Crippen LogP contribution in [0.2, 0.25) is 5.02 Å². The smallest absolute Gasteiger partial charge is 0.416 e. The van der Waals surface area contributed by atoms with E-state index >= 15 is 0 Å². The Bertz CT molecular complexity index is 749. The van der Waals surface area contributed by atoms with E-state index in [0.717, 1.165) is 18.2 Å². The standard InChI is InChI=1S/C17H11ClF4O2/c18-14-5-2-6-15(19)13(14)10-24-16(23)8-7-11-3-1-4-12(9-11)17(20,21)22/h1-9H,10H2/b8-7+. The molecule has 0 N–H and O–H groups in total. The highest BCUT2D eigenvalue weighted by atomic mass is 35.5. The lowest BCUT2D eigenvalue weighted by atomic mass is 10.1. The molecule has 0 radical (unpaired) electrons. The van der Waals surface area contributed by atoms with E-state index in [4.69, 9.17) is 16.3 Å². The number of carbonyl (C=O) groups is 1. The molecule has 0 atom stereocenters. The van der Waals surface area contributed by atoms with Crippen LogP contribution >= 0.6 is 11.6 Å². The number of esters is 1. The molecule has 0 aliphatic carbocycles. The highest BCUT2D eigenvalue weighted by Gasteiger charge is 2.30. The number of benzene rings is 2. The number of carbonyl (C=O) groups excluding carboxylic acids is 1. The number of hydrogen-bond donors (Lipinski definition) is 0. The Kier molecular flexibility index (Phi) is 5.62. The van der Waals surface area contributed by atoms with Crippen molar-refractivity contribution in [1.29, 1.82) is 0 Å². The summed E-state index contributed by atoms with van der Waals surface area (Å²) in [6, 6.07) is 8.50. The van der Waals surface area contributed by atoms with E-state index in [-0.39, 0.29) is 22.8 Å². The van der Waals surface area contributed by atoms with Gasteiger partial charge >= 0.3 is 12.1 Å². The summed E-state index contributed by atoms with van der Waals surface area (Å²) in [4.78, 5) is 11.6. The van der Waals surface area contributed by atoms with Gasteiger partial charge in [0.25, 0.3) is 0 Å². The molecular weight excluding hydrogens is 348 g/mol. The van der Waals surface area contributed by atoms with Gasteiger partial charge in [-0.3, -0.25) is 0 Å². The molecular formula is C17H11ClF4O2. The molecule has 2 rings (SSSR count). The molecule has 2 aromatic rings. The zero-order valence-corrected chi connectivity index (χ0v) is 12.9. The van der Waals surface area contributed by atoms with Gasteiger partial charge in [0.1, 0.15) is 12.4 Å². The van der Waals surface area contributed by atoms with E-state index in [9.17, 15) is 22.4 Å². The van der Waals surface area contributed by atoms with Crippen LogP contribution in [-0.2, 0) is 22.3 Å². The molecule has 0 unspecified atom stereocenters. The van der Waals surface area contributed by atoms with Crippen LogP contribution in [0.15, 0.2) is 48.5 Å². The molecule has 2 nitrogen and oxygen atoms in total.